The van der Waals surface area contributed by atoms with Crippen LogP contribution >= 0.6 is 0 Å². The fourth-order valence-corrected chi connectivity index (χ4v) is 5.69. The van der Waals surface area contributed by atoms with E-state index in [0.29, 0.717) is 0 Å². The lowest BCUT2D eigenvalue weighted by molar-refractivity contribution is 0.667. The van der Waals surface area contributed by atoms with Gasteiger partial charge in [0.25, 0.3) is 0 Å². The minimum absolute atomic E-state index is 0.145. The van der Waals surface area contributed by atoms with Gasteiger partial charge >= 0.3 is 0 Å². The van der Waals surface area contributed by atoms with Crippen molar-refractivity contribution in [1.29, 1.82) is 0 Å². The summed E-state index contributed by atoms with van der Waals surface area (Å²) in [7, 11) is 0. The summed E-state index contributed by atoms with van der Waals surface area (Å²) in [5.74, 6) is 0.877. The van der Waals surface area contributed by atoms with Gasteiger partial charge in [-0.1, -0.05) is 115 Å². The van der Waals surface area contributed by atoms with Crippen molar-refractivity contribution in [3.05, 3.63) is 138 Å². The lowest BCUT2D eigenvalue weighted by atomic mass is 9.99. The van der Waals surface area contributed by atoms with Crippen LogP contribution in [0, 0.1) is 0 Å². The normalized spacial score (nSPS) is 14.2. The van der Waals surface area contributed by atoms with Crippen molar-refractivity contribution in [2.24, 2.45) is 0 Å². The van der Waals surface area contributed by atoms with Crippen LogP contribution in [0.2, 0.25) is 0 Å². The van der Waals surface area contributed by atoms with Crippen molar-refractivity contribution in [2.45, 2.75) is 12.3 Å². The summed E-state index contributed by atoms with van der Waals surface area (Å²) < 4.78 is 6.43. The van der Waals surface area contributed by atoms with Gasteiger partial charge in [0, 0.05) is 33.6 Å². The average molecular weight is 528 g/mol. The number of hydrogen-bond donors (Lipinski definition) is 0. The molecule has 0 amide bonds. The molecule has 0 N–H and O–H groups in total. The fraction of sp³-hybridized carbons (Fsp3) is 0.0541. The quantitative estimate of drug-likeness (QED) is 0.229. The summed E-state index contributed by atoms with van der Waals surface area (Å²) in [5, 5.41) is 2.12. The van der Waals surface area contributed by atoms with Crippen LogP contribution in [0.5, 0.6) is 0 Å². The van der Waals surface area contributed by atoms with E-state index in [4.69, 9.17) is 19.4 Å². The molecule has 0 unspecified atom stereocenters. The van der Waals surface area contributed by atoms with Crippen molar-refractivity contribution < 1.29 is 4.42 Å². The van der Waals surface area contributed by atoms with Crippen molar-refractivity contribution >= 4 is 34.1 Å². The molecule has 0 aliphatic heterocycles. The summed E-state index contributed by atoms with van der Waals surface area (Å²) in [6, 6.07) is 29.0. The first-order valence-electron chi connectivity index (χ1n) is 13.9. The fourth-order valence-electron chi connectivity index (χ4n) is 5.69. The molecule has 3 heterocycles. The van der Waals surface area contributed by atoms with E-state index in [1.54, 1.807) is 0 Å². The molecule has 0 fully saturated rings. The molecule has 2 aliphatic rings. The molecule has 3 aromatic carbocycles. The monoisotopic (exact) mass is 527 g/mol. The lowest BCUT2D eigenvalue weighted by Gasteiger charge is -2.12. The summed E-state index contributed by atoms with van der Waals surface area (Å²) >= 11 is 0. The number of benzene rings is 3. The number of hydrogen-bond acceptors (Lipinski definition) is 4. The van der Waals surface area contributed by atoms with Crippen LogP contribution < -0.4 is 0 Å². The molecule has 4 nitrogen and oxygen atoms in total. The Morgan fingerprint density at radius 1 is 0.683 bits per heavy atom. The van der Waals surface area contributed by atoms with E-state index >= 15 is 0 Å². The maximum Gasteiger partial charge on any atom is 0.160 e. The number of nitrogens with zero attached hydrogens (tertiary/aromatic N) is 3. The van der Waals surface area contributed by atoms with Crippen molar-refractivity contribution in [3.8, 4) is 33.9 Å². The van der Waals surface area contributed by atoms with Crippen molar-refractivity contribution in [1.82, 2.24) is 15.0 Å². The summed E-state index contributed by atoms with van der Waals surface area (Å²) in [5.41, 5.74) is 9.58. The van der Waals surface area contributed by atoms with E-state index < -0.39 is 0 Å². The Balaban J connectivity index is 1.27. The van der Waals surface area contributed by atoms with Gasteiger partial charge < -0.3 is 4.42 Å². The second-order valence-corrected chi connectivity index (χ2v) is 10.3. The topological polar surface area (TPSA) is 51.8 Å². The van der Waals surface area contributed by atoms with Gasteiger partial charge in [0.1, 0.15) is 11.2 Å². The van der Waals surface area contributed by atoms with Gasteiger partial charge in [0.05, 0.1) is 28.2 Å². The molecule has 0 spiro atoms. The number of furan rings is 1. The Morgan fingerprint density at radius 2 is 1.44 bits per heavy atom. The summed E-state index contributed by atoms with van der Waals surface area (Å²) in [6.45, 7) is 0. The van der Waals surface area contributed by atoms with Crippen LogP contribution in [0.15, 0.2) is 126 Å². The van der Waals surface area contributed by atoms with Gasteiger partial charge in [-0.05, 0) is 24.6 Å². The molecule has 0 radical (unpaired) electrons. The first-order chi connectivity index (χ1) is 20.3. The SMILES string of the molecule is C1=CC(c2cc(-c3ccc(-c4nc5c(c6oc7ccccc7c46)C=CCC=C5)cc3)nc(-c3ccccc3)n2)C=C1. The van der Waals surface area contributed by atoms with E-state index in [2.05, 4.69) is 103 Å². The zero-order valence-electron chi connectivity index (χ0n) is 22.2. The highest BCUT2D eigenvalue weighted by molar-refractivity contribution is 6.14. The number of para-hydroxylation sites is 1. The molecule has 41 heavy (non-hydrogen) atoms. The third-order valence-electron chi connectivity index (χ3n) is 7.74. The lowest BCUT2D eigenvalue weighted by Crippen LogP contribution is -2.01. The molecule has 0 bridgehead atoms. The van der Waals surface area contributed by atoms with Crippen LogP contribution in [-0.2, 0) is 0 Å². The van der Waals surface area contributed by atoms with Gasteiger partial charge in [-0.3, -0.25) is 0 Å². The molecular weight excluding hydrogens is 502 g/mol. The summed E-state index contributed by atoms with van der Waals surface area (Å²) in [4.78, 5) is 15.1. The standard InChI is InChI=1S/C37H25N3O/c1-3-13-27(14-4-1)37-39-31(24-11-7-8-12-24)23-32(40-37)25-19-21-26(22-20-25)35-34-29-16-9-10-18-33(29)41-36(34)28-15-5-2-6-17-30(28)38-35/h1,3-24H,2H2. The number of allylic oxidation sites excluding steroid dienone is 6. The number of pyridine rings is 1. The largest absolute Gasteiger partial charge is 0.455 e. The van der Waals surface area contributed by atoms with Crippen LogP contribution in [-0.4, -0.2) is 15.0 Å². The van der Waals surface area contributed by atoms with Crippen LogP contribution in [0.25, 0.3) is 68.0 Å². The Hall–Kier alpha value is -5.35. The van der Waals surface area contributed by atoms with Crippen molar-refractivity contribution in [3.63, 3.8) is 0 Å². The van der Waals surface area contributed by atoms with E-state index in [1.807, 2.05) is 30.3 Å². The molecule has 4 heteroatoms. The van der Waals surface area contributed by atoms with E-state index in [-0.39, 0.29) is 5.92 Å². The van der Waals surface area contributed by atoms with Gasteiger partial charge in [-0.15, -0.1) is 0 Å². The predicted octanol–water partition coefficient (Wildman–Crippen LogP) is 9.41. The molecule has 8 rings (SSSR count). The number of fused-ring (bicyclic) bond motifs is 5. The van der Waals surface area contributed by atoms with Gasteiger partial charge in [0.2, 0.25) is 0 Å². The maximum absolute atomic E-state index is 6.43. The third-order valence-corrected chi connectivity index (χ3v) is 7.74. The molecule has 3 aromatic heterocycles. The van der Waals surface area contributed by atoms with Crippen LogP contribution in [0.1, 0.15) is 29.3 Å². The Kier molecular flexibility index (Phi) is 5.56. The highest BCUT2D eigenvalue weighted by atomic mass is 16.3. The minimum atomic E-state index is 0.145. The van der Waals surface area contributed by atoms with E-state index in [9.17, 15) is 0 Å². The molecule has 0 atom stereocenters. The van der Waals surface area contributed by atoms with Crippen molar-refractivity contribution in [2.75, 3.05) is 0 Å². The third kappa shape index (κ3) is 4.12. The zero-order chi connectivity index (χ0) is 27.2. The molecular formula is C37H25N3O. The highest BCUT2D eigenvalue weighted by Gasteiger charge is 2.20. The zero-order valence-corrected chi connectivity index (χ0v) is 22.2. The molecule has 0 saturated heterocycles. The van der Waals surface area contributed by atoms with Gasteiger partial charge in [-0.25, -0.2) is 15.0 Å². The Labute approximate surface area is 237 Å². The first-order valence-corrected chi connectivity index (χ1v) is 13.9. The number of rotatable bonds is 4. The van der Waals surface area contributed by atoms with E-state index in [1.165, 1.54) is 0 Å². The molecule has 6 aromatic rings. The number of aromatic nitrogens is 3. The van der Waals surface area contributed by atoms with Crippen LogP contribution in [0.4, 0.5) is 0 Å². The van der Waals surface area contributed by atoms with Gasteiger partial charge in [0.15, 0.2) is 5.82 Å². The average Bonchev–Trinajstić information content (AvgIpc) is 3.65. The second kappa shape index (κ2) is 9.68. The van der Waals surface area contributed by atoms with Gasteiger partial charge in [-0.2, -0.15) is 0 Å². The minimum Gasteiger partial charge on any atom is -0.455 e. The molecule has 194 valence electrons. The summed E-state index contributed by atoms with van der Waals surface area (Å²) in [6.07, 6.45) is 17.9. The Bertz CT molecular complexity index is 2050. The maximum atomic E-state index is 6.43. The Morgan fingerprint density at radius 3 is 2.29 bits per heavy atom. The smallest absolute Gasteiger partial charge is 0.160 e. The van der Waals surface area contributed by atoms with Crippen LogP contribution in [0.3, 0.4) is 0 Å². The second-order valence-electron chi connectivity index (χ2n) is 10.3. The highest BCUT2D eigenvalue weighted by Crippen LogP contribution is 2.40. The predicted molar refractivity (Wildman–Crippen MR) is 167 cm³/mol. The molecule has 2 aliphatic carbocycles. The molecule has 0 saturated carbocycles. The first kappa shape index (κ1) is 23.5. The van der Waals surface area contributed by atoms with E-state index in [0.717, 1.165) is 79.2 Å².